The topological polar surface area (TPSA) is 150 Å². The highest BCUT2D eigenvalue weighted by atomic mass is 32.3. The number of aliphatic carboxylic acids is 1. The van der Waals surface area contributed by atoms with Crippen LogP contribution >= 0.6 is 0 Å². The number of nitrogens with one attached hydrogen (secondary N) is 1. The highest BCUT2D eigenvalue weighted by molar-refractivity contribution is 7.80. The lowest BCUT2D eigenvalue weighted by atomic mass is 9.43. The number of rotatable bonds is 8. The van der Waals surface area contributed by atoms with Gasteiger partial charge in [0.1, 0.15) is 6.54 Å². The summed E-state index contributed by atoms with van der Waals surface area (Å²) in [5.74, 6) is 0.732. The largest absolute Gasteiger partial charge is 0.480 e. The molecule has 4 aliphatic rings. The van der Waals surface area contributed by atoms with Crippen molar-refractivity contribution in [3.8, 4) is 0 Å². The molecule has 10 atom stereocenters. The highest BCUT2D eigenvalue weighted by Crippen LogP contribution is 2.68. The fourth-order valence-electron chi connectivity index (χ4n) is 9.24. The molecule has 10 heteroatoms. The van der Waals surface area contributed by atoms with Crippen LogP contribution in [0.1, 0.15) is 85.0 Å². The lowest BCUT2D eigenvalue weighted by molar-refractivity contribution is -0.172. The van der Waals surface area contributed by atoms with Gasteiger partial charge in [-0.1, -0.05) is 20.8 Å². The van der Waals surface area contributed by atoms with Gasteiger partial charge in [-0.05, 0) is 104 Å². The molecular formula is C26H43NO8S. The molecule has 206 valence electrons. The summed E-state index contributed by atoms with van der Waals surface area (Å²) in [4.78, 5) is 22.8. The molecule has 0 aromatic carbocycles. The van der Waals surface area contributed by atoms with Gasteiger partial charge in [-0.25, -0.2) is 4.18 Å². The second kappa shape index (κ2) is 10.2. The number of carbonyl (C=O) groups excluding carboxylic acids is 1. The van der Waals surface area contributed by atoms with Crippen LogP contribution in [0.25, 0.3) is 0 Å². The smallest absolute Gasteiger partial charge is 0.397 e. The van der Waals surface area contributed by atoms with Crippen LogP contribution in [0, 0.1) is 46.3 Å². The molecule has 4 fully saturated rings. The Kier molecular flexibility index (Phi) is 7.84. The van der Waals surface area contributed by atoms with Crippen molar-refractivity contribution in [3.63, 3.8) is 0 Å². The fourth-order valence-corrected chi connectivity index (χ4v) is 9.76. The van der Waals surface area contributed by atoms with Crippen molar-refractivity contribution in [2.45, 2.75) is 97.2 Å². The summed E-state index contributed by atoms with van der Waals surface area (Å²) in [5, 5.41) is 22.7. The molecule has 0 radical (unpaired) electrons. The number of carbonyl (C=O) groups is 2. The van der Waals surface area contributed by atoms with Crippen LogP contribution in [0.15, 0.2) is 0 Å². The Balaban J connectivity index is 1.43. The minimum Gasteiger partial charge on any atom is -0.480 e. The Bertz CT molecular complexity index is 956. The van der Waals surface area contributed by atoms with E-state index in [1.165, 1.54) is 0 Å². The molecule has 4 saturated carbocycles. The lowest BCUT2D eigenvalue weighted by Gasteiger charge is -2.62. The first-order chi connectivity index (χ1) is 16.7. The molecule has 0 aliphatic heterocycles. The van der Waals surface area contributed by atoms with E-state index >= 15 is 0 Å². The molecule has 36 heavy (non-hydrogen) atoms. The third-order valence-corrected chi connectivity index (χ3v) is 11.4. The van der Waals surface area contributed by atoms with Crippen molar-refractivity contribution in [1.82, 2.24) is 5.32 Å². The molecule has 4 N–H and O–H groups in total. The third-order valence-electron chi connectivity index (χ3n) is 10.9. The molecule has 0 saturated heterocycles. The van der Waals surface area contributed by atoms with Crippen molar-refractivity contribution < 1.29 is 37.0 Å². The minimum absolute atomic E-state index is 0.0240. The van der Waals surface area contributed by atoms with E-state index in [1.807, 2.05) is 0 Å². The molecule has 0 bridgehead atoms. The SMILES string of the molecule is CC(CCC(=O)NCC(=O)O)C1CCC2C3C(O)CC4CC(OS(=O)(=O)O)CCC4(C)C3CCC12C. The number of amides is 1. The summed E-state index contributed by atoms with van der Waals surface area (Å²) in [6.45, 7) is 6.56. The number of carboxylic acids is 1. The molecule has 0 aromatic rings. The number of carboxylic acid groups (broad SMARTS) is 1. The van der Waals surface area contributed by atoms with Crippen molar-refractivity contribution in [3.05, 3.63) is 0 Å². The summed E-state index contributed by atoms with van der Waals surface area (Å²) >= 11 is 0. The first-order valence-corrected chi connectivity index (χ1v) is 14.9. The first kappa shape index (κ1) is 27.8. The Morgan fingerprint density at radius 2 is 1.72 bits per heavy atom. The third kappa shape index (κ3) is 5.33. The van der Waals surface area contributed by atoms with Gasteiger partial charge in [-0.3, -0.25) is 14.1 Å². The molecular weight excluding hydrogens is 486 g/mol. The van der Waals surface area contributed by atoms with Gasteiger partial charge in [0.15, 0.2) is 0 Å². The Morgan fingerprint density at radius 3 is 2.39 bits per heavy atom. The van der Waals surface area contributed by atoms with Crippen LogP contribution in [0.5, 0.6) is 0 Å². The van der Waals surface area contributed by atoms with Crippen LogP contribution in [-0.2, 0) is 24.2 Å². The summed E-state index contributed by atoms with van der Waals surface area (Å²) in [7, 11) is -4.48. The summed E-state index contributed by atoms with van der Waals surface area (Å²) < 4.78 is 36.6. The van der Waals surface area contributed by atoms with Gasteiger partial charge in [0.25, 0.3) is 0 Å². The van der Waals surface area contributed by atoms with Gasteiger partial charge in [0.05, 0.1) is 12.2 Å². The Morgan fingerprint density at radius 1 is 1.06 bits per heavy atom. The Hall–Kier alpha value is -1.23. The van der Waals surface area contributed by atoms with Crippen LogP contribution in [-0.4, -0.2) is 53.8 Å². The zero-order valence-electron chi connectivity index (χ0n) is 21.7. The van der Waals surface area contributed by atoms with Crippen LogP contribution in [0.2, 0.25) is 0 Å². The molecule has 0 heterocycles. The minimum atomic E-state index is -4.48. The first-order valence-electron chi connectivity index (χ1n) is 13.6. The average Bonchev–Trinajstić information content (AvgIpc) is 3.13. The number of hydrogen-bond donors (Lipinski definition) is 4. The molecule has 10 unspecified atom stereocenters. The van der Waals surface area contributed by atoms with E-state index in [2.05, 4.69) is 26.1 Å². The van der Waals surface area contributed by atoms with E-state index in [0.717, 1.165) is 38.5 Å². The maximum atomic E-state index is 12.1. The van der Waals surface area contributed by atoms with Gasteiger partial charge >= 0.3 is 16.4 Å². The number of fused-ring (bicyclic) bond motifs is 5. The molecule has 1 amide bonds. The summed E-state index contributed by atoms with van der Waals surface area (Å²) in [6.07, 6.45) is 6.98. The second-order valence-electron chi connectivity index (χ2n) is 12.6. The molecule has 4 aliphatic carbocycles. The Labute approximate surface area is 214 Å². The van der Waals surface area contributed by atoms with E-state index in [9.17, 15) is 23.1 Å². The van der Waals surface area contributed by atoms with Crippen molar-refractivity contribution in [2.75, 3.05) is 6.54 Å². The van der Waals surface area contributed by atoms with Gasteiger partial charge in [0, 0.05) is 6.42 Å². The molecule has 0 spiro atoms. The number of hydrogen-bond acceptors (Lipinski definition) is 6. The zero-order valence-corrected chi connectivity index (χ0v) is 22.5. The van der Waals surface area contributed by atoms with Crippen LogP contribution in [0.4, 0.5) is 0 Å². The molecule has 4 rings (SSSR count). The van der Waals surface area contributed by atoms with E-state index in [0.29, 0.717) is 49.4 Å². The number of aliphatic hydroxyl groups excluding tert-OH is 1. The lowest BCUT2D eigenvalue weighted by Crippen LogP contribution is -2.58. The predicted octanol–water partition coefficient (Wildman–Crippen LogP) is 3.42. The standard InChI is InChI=1S/C26H43NO8S/c1-15(4-7-22(29)27-14-23(30)31)18-5-6-19-24-20(9-11-26(18,19)3)25(2)10-8-17(35-36(32,33)34)12-16(25)13-21(24)28/h15-21,24,28H,4-14H2,1-3H3,(H,27,29)(H,30,31)(H,32,33,34). The second-order valence-corrected chi connectivity index (χ2v) is 13.7. The number of aliphatic hydroxyl groups is 1. The van der Waals surface area contributed by atoms with Gasteiger partial charge in [-0.2, -0.15) is 8.42 Å². The summed E-state index contributed by atoms with van der Waals surface area (Å²) in [6, 6.07) is 0. The van der Waals surface area contributed by atoms with Crippen molar-refractivity contribution >= 4 is 22.3 Å². The van der Waals surface area contributed by atoms with Crippen molar-refractivity contribution in [1.29, 1.82) is 0 Å². The van der Waals surface area contributed by atoms with Crippen molar-refractivity contribution in [2.24, 2.45) is 46.3 Å². The quantitative estimate of drug-likeness (QED) is 0.349. The van der Waals surface area contributed by atoms with Gasteiger partial charge in [0.2, 0.25) is 5.91 Å². The van der Waals surface area contributed by atoms with Crippen LogP contribution in [0.3, 0.4) is 0 Å². The summed E-state index contributed by atoms with van der Waals surface area (Å²) in [5.41, 5.74) is 0.129. The van der Waals surface area contributed by atoms with Gasteiger partial charge < -0.3 is 15.5 Å². The monoisotopic (exact) mass is 529 g/mol. The van der Waals surface area contributed by atoms with Crippen LogP contribution < -0.4 is 5.32 Å². The maximum Gasteiger partial charge on any atom is 0.397 e. The average molecular weight is 530 g/mol. The van der Waals surface area contributed by atoms with E-state index in [4.69, 9.17) is 13.8 Å². The normalized spacial score (nSPS) is 43.1. The van der Waals surface area contributed by atoms with E-state index in [1.54, 1.807) is 0 Å². The van der Waals surface area contributed by atoms with E-state index in [-0.39, 0.29) is 35.1 Å². The zero-order chi connectivity index (χ0) is 26.5. The van der Waals surface area contributed by atoms with Gasteiger partial charge in [-0.15, -0.1) is 0 Å². The predicted molar refractivity (Wildman–Crippen MR) is 132 cm³/mol. The maximum absolute atomic E-state index is 12.1. The molecule has 9 nitrogen and oxygen atoms in total. The highest BCUT2D eigenvalue weighted by Gasteiger charge is 2.63. The molecule has 0 aromatic heterocycles. The fraction of sp³-hybridized carbons (Fsp3) is 0.923. The van der Waals surface area contributed by atoms with E-state index < -0.39 is 28.6 Å².